The van der Waals surface area contributed by atoms with Crippen LogP contribution in [-0.4, -0.2) is 32.7 Å². The van der Waals surface area contributed by atoms with Crippen molar-refractivity contribution >= 4 is 11.8 Å². The number of aromatic nitrogens is 3. The van der Waals surface area contributed by atoms with Crippen LogP contribution in [0.1, 0.15) is 42.0 Å². The molecule has 1 aromatic carbocycles. The molecule has 0 saturated heterocycles. The van der Waals surface area contributed by atoms with Gasteiger partial charge in [0.05, 0.1) is 23.1 Å². The Morgan fingerprint density at radius 1 is 1.08 bits per heavy atom. The minimum Gasteiger partial charge on any atom is -0.381 e. The largest absolute Gasteiger partial charge is 0.423 e. The fraction of sp³-hybridized carbons (Fsp3) is 0.320. The molecule has 2 N–H and O–H groups in total. The van der Waals surface area contributed by atoms with Crippen LogP contribution in [0.5, 0.6) is 0 Å². The molecule has 208 valence electrons. The van der Waals surface area contributed by atoms with E-state index >= 15 is 0 Å². The average molecular weight is 559 g/mol. The van der Waals surface area contributed by atoms with E-state index in [1.165, 1.54) is 12.1 Å². The van der Waals surface area contributed by atoms with Gasteiger partial charge in [-0.2, -0.15) is 31.4 Å². The van der Waals surface area contributed by atoms with Crippen LogP contribution in [0.15, 0.2) is 41.6 Å². The van der Waals surface area contributed by atoms with Gasteiger partial charge in [0.15, 0.2) is 11.6 Å². The van der Waals surface area contributed by atoms with Crippen LogP contribution in [0.25, 0.3) is 17.3 Å². The Bertz CT molecular complexity index is 1430. The number of fused-ring (bicyclic) bond motifs is 1. The molecule has 39 heavy (non-hydrogen) atoms. The molecule has 1 aliphatic heterocycles. The van der Waals surface area contributed by atoms with Crippen LogP contribution in [0.3, 0.4) is 0 Å². The monoisotopic (exact) mass is 559 g/mol. The number of benzene rings is 1. The van der Waals surface area contributed by atoms with E-state index in [1.54, 1.807) is 23.1 Å². The Kier molecular flexibility index (Phi) is 7.66. The number of aromatic amines is 1. The molecule has 0 aliphatic carbocycles. The highest BCUT2D eigenvalue weighted by molar-refractivity contribution is 5.68. The predicted octanol–water partition coefficient (Wildman–Crippen LogP) is 6.21. The Labute approximate surface area is 216 Å². The zero-order valence-corrected chi connectivity index (χ0v) is 20.2. The van der Waals surface area contributed by atoms with E-state index in [0.29, 0.717) is 31.1 Å². The van der Waals surface area contributed by atoms with Crippen molar-refractivity contribution in [1.82, 2.24) is 20.1 Å². The first-order chi connectivity index (χ1) is 18.3. The summed E-state index contributed by atoms with van der Waals surface area (Å²) in [6, 6.07) is 2.56. The van der Waals surface area contributed by atoms with Crippen molar-refractivity contribution in [2.45, 2.75) is 44.7 Å². The molecule has 0 saturated carbocycles. The minimum absolute atomic E-state index is 0.00726. The molecule has 14 heteroatoms. The first-order valence-corrected chi connectivity index (χ1v) is 11.6. The molecule has 0 unspecified atom stereocenters. The van der Waals surface area contributed by atoms with Gasteiger partial charge < -0.3 is 10.2 Å². The zero-order valence-electron chi connectivity index (χ0n) is 20.2. The van der Waals surface area contributed by atoms with Crippen LogP contribution in [0.2, 0.25) is 0 Å². The molecule has 3 aromatic rings. The van der Waals surface area contributed by atoms with Crippen molar-refractivity contribution in [3.8, 4) is 11.3 Å². The van der Waals surface area contributed by atoms with Crippen LogP contribution in [0, 0.1) is 11.6 Å². The van der Waals surface area contributed by atoms with E-state index in [-0.39, 0.29) is 23.4 Å². The summed E-state index contributed by atoms with van der Waals surface area (Å²) in [5.41, 5.74) is -4.21. The summed E-state index contributed by atoms with van der Waals surface area (Å²) in [6.45, 7) is 2.01. The number of rotatable bonds is 7. The van der Waals surface area contributed by atoms with Crippen LogP contribution < -0.4 is 10.9 Å². The normalized spacial score (nSPS) is 14.3. The van der Waals surface area contributed by atoms with Crippen molar-refractivity contribution in [1.29, 1.82) is 0 Å². The van der Waals surface area contributed by atoms with E-state index in [9.17, 15) is 39.9 Å². The van der Waals surface area contributed by atoms with Gasteiger partial charge in [-0.25, -0.2) is 13.9 Å². The van der Waals surface area contributed by atoms with Crippen LogP contribution >= 0.6 is 0 Å². The molecule has 0 amide bonds. The topological polar surface area (TPSA) is 73.9 Å². The standard InChI is InChI=1S/C25H21F8N5O/c1-13(36-19-11-35-37-23(39)20(19)25(31,32)33)3-2-7-38-8-6-14-9-16(21(26)22(27)17(14)12-38)18-5-4-15(10-34-18)24(28,29)30/h4-6,8-11,13H,2-3,7,12H2,1H3,(H2,36,37,39)/t13-/m0/s1. The van der Waals surface area contributed by atoms with Crippen molar-refractivity contribution in [3.63, 3.8) is 0 Å². The van der Waals surface area contributed by atoms with Gasteiger partial charge in [0.25, 0.3) is 5.56 Å². The van der Waals surface area contributed by atoms with E-state index in [2.05, 4.69) is 15.4 Å². The van der Waals surface area contributed by atoms with Crippen molar-refractivity contribution in [2.75, 3.05) is 11.9 Å². The molecule has 2 aromatic heterocycles. The van der Waals surface area contributed by atoms with Crippen molar-refractivity contribution < 1.29 is 35.1 Å². The van der Waals surface area contributed by atoms with E-state index in [0.717, 1.165) is 18.3 Å². The molecule has 0 fully saturated rings. The summed E-state index contributed by atoms with van der Waals surface area (Å²) in [7, 11) is 0. The number of nitrogens with zero attached hydrogens (tertiary/aromatic N) is 3. The lowest BCUT2D eigenvalue weighted by molar-refractivity contribution is -0.138. The molecule has 3 heterocycles. The average Bonchev–Trinajstić information content (AvgIpc) is 2.85. The highest BCUT2D eigenvalue weighted by Crippen LogP contribution is 2.34. The quantitative estimate of drug-likeness (QED) is 0.337. The maximum Gasteiger partial charge on any atom is 0.423 e. The van der Waals surface area contributed by atoms with Crippen molar-refractivity contribution in [2.24, 2.45) is 0 Å². The van der Waals surface area contributed by atoms with Crippen LogP contribution in [0.4, 0.5) is 40.8 Å². The maximum absolute atomic E-state index is 15.0. The van der Waals surface area contributed by atoms with E-state index < -0.39 is 52.4 Å². The number of nitrogens with one attached hydrogen (secondary N) is 2. The Balaban J connectivity index is 1.40. The summed E-state index contributed by atoms with van der Waals surface area (Å²) in [5.74, 6) is -2.38. The van der Waals surface area contributed by atoms with E-state index in [1.807, 2.05) is 0 Å². The van der Waals surface area contributed by atoms with Crippen LogP contribution in [-0.2, 0) is 18.9 Å². The third kappa shape index (κ3) is 6.20. The number of anilines is 1. The lowest BCUT2D eigenvalue weighted by Crippen LogP contribution is -2.28. The third-order valence-corrected chi connectivity index (χ3v) is 6.16. The Morgan fingerprint density at radius 2 is 1.82 bits per heavy atom. The van der Waals surface area contributed by atoms with Gasteiger partial charge in [-0.3, -0.25) is 9.78 Å². The highest BCUT2D eigenvalue weighted by atomic mass is 19.4. The lowest BCUT2D eigenvalue weighted by atomic mass is 9.97. The van der Waals surface area contributed by atoms with Gasteiger partial charge in [0, 0.05) is 36.5 Å². The van der Waals surface area contributed by atoms with Gasteiger partial charge in [-0.05, 0) is 55.8 Å². The SMILES string of the molecule is C[C@@H](CCCN1C=Cc2cc(-c3ccc(C(F)(F)F)cn3)c(F)c(F)c2C1)Nc1cn[nH]c(=O)c1C(F)(F)F. The second kappa shape index (κ2) is 10.7. The van der Waals surface area contributed by atoms with Gasteiger partial charge in [0.2, 0.25) is 0 Å². The molecule has 0 radical (unpaired) electrons. The first kappa shape index (κ1) is 28.0. The fourth-order valence-corrected chi connectivity index (χ4v) is 4.22. The Morgan fingerprint density at radius 3 is 2.46 bits per heavy atom. The fourth-order valence-electron chi connectivity index (χ4n) is 4.22. The van der Waals surface area contributed by atoms with Gasteiger partial charge in [-0.15, -0.1) is 0 Å². The molecule has 1 aliphatic rings. The number of H-pyrrole nitrogens is 1. The number of alkyl halides is 6. The smallest absolute Gasteiger partial charge is 0.381 e. The van der Waals surface area contributed by atoms with E-state index in [4.69, 9.17) is 0 Å². The van der Waals surface area contributed by atoms with Crippen molar-refractivity contribution in [3.05, 3.63) is 81.0 Å². The summed E-state index contributed by atoms with van der Waals surface area (Å²) >= 11 is 0. The number of hydrogen-bond acceptors (Lipinski definition) is 5. The molecular weight excluding hydrogens is 538 g/mol. The lowest BCUT2D eigenvalue weighted by Gasteiger charge is -2.27. The summed E-state index contributed by atoms with van der Waals surface area (Å²) in [4.78, 5) is 16.9. The molecule has 1 atom stereocenters. The molecule has 0 spiro atoms. The summed E-state index contributed by atoms with van der Waals surface area (Å²) in [6.07, 6.45) is -4.02. The summed E-state index contributed by atoms with van der Waals surface area (Å²) in [5, 5.41) is 7.81. The maximum atomic E-state index is 15.0. The molecule has 0 bridgehead atoms. The zero-order chi connectivity index (χ0) is 28.5. The summed E-state index contributed by atoms with van der Waals surface area (Å²) < 4.78 is 108. The third-order valence-electron chi connectivity index (χ3n) is 6.16. The molecular formula is C25H21F8N5O. The minimum atomic E-state index is -4.87. The van der Waals surface area contributed by atoms with Gasteiger partial charge >= 0.3 is 12.4 Å². The first-order valence-electron chi connectivity index (χ1n) is 11.6. The second-order valence-corrected chi connectivity index (χ2v) is 9.01. The number of halogens is 8. The van der Waals surface area contributed by atoms with Gasteiger partial charge in [-0.1, -0.05) is 0 Å². The second-order valence-electron chi connectivity index (χ2n) is 9.01. The predicted molar refractivity (Wildman–Crippen MR) is 126 cm³/mol. The molecule has 4 rings (SSSR count). The molecule has 6 nitrogen and oxygen atoms in total. The number of hydrogen-bond donors (Lipinski definition) is 2. The Hall–Kier alpha value is -3.97. The van der Waals surface area contributed by atoms with Gasteiger partial charge in [0.1, 0.15) is 5.56 Å². The number of pyridine rings is 1. The highest BCUT2D eigenvalue weighted by Gasteiger charge is 2.37.